The highest BCUT2D eigenvalue weighted by molar-refractivity contribution is 6.31. The lowest BCUT2D eigenvalue weighted by Gasteiger charge is -2.62. The molecule has 52 heavy (non-hydrogen) atoms. The van der Waals surface area contributed by atoms with Gasteiger partial charge in [-0.25, -0.2) is 4.39 Å². The van der Waals surface area contributed by atoms with Crippen molar-refractivity contribution in [2.24, 2.45) is 29.1 Å². The molecule has 0 spiro atoms. The molecule has 4 fully saturated rings. The van der Waals surface area contributed by atoms with Crippen LogP contribution in [0, 0.1) is 34.9 Å². The third-order valence-corrected chi connectivity index (χ3v) is 12.7. The average molecular weight is 735 g/mol. The smallest absolute Gasteiger partial charge is 0.240 e. The standard InChI is InChI=1S/C42H56ClFN4O4/c1-26-33-19-31(42(33,3)4)20-36(26)45-41(51)40-39(27(2)50)38(25-49)52-48(40)22-29-13-10-12-28(18-29)21-47(23-32-34(43)16-11-17-35(32)44)37(24-46(5)6)30-14-8-7-9-15-30/h7-18,26-27,31,33,36-40,49-50H,19-25H2,1-6H3,(H,45,51)/t26-,27+,31+,33+,36+,37-,38+,39-,40+/m1/s1. The third kappa shape index (κ3) is 8.11. The van der Waals surface area contributed by atoms with Gasteiger partial charge in [0.05, 0.1) is 19.3 Å². The molecule has 3 aromatic carbocycles. The lowest BCUT2D eigenvalue weighted by molar-refractivity contribution is -0.183. The van der Waals surface area contributed by atoms with Crippen LogP contribution in [0.4, 0.5) is 4.39 Å². The zero-order chi connectivity index (χ0) is 37.3. The first-order valence-corrected chi connectivity index (χ1v) is 19.1. The molecule has 0 unspecified atom stereocenters. The van der Waals surface area contributed by atoms with Gasteiger partial charge in [-0.15, -0.1) is 0 Å². The molecule has 4 aliphatic rings. The Kier molecular flexibility index (Phi) is 12.1. The summed E-state index contributed by atoms with van der Waals surface area (Å²) in [5.41, 5.74) is 3.79. The minimum Gasteiger partial charge on any atom is -0.394 e. The van der Waals surface area contributed by atoms with Crippen LogP contribution in [-0.2, 0) is 29.3 Å². The van der Waals surface area contributed by atoms with E-state index in [1.165, 1.54) is 12.5 Å². The van der Waals surface area contributed by atoms with Crippen molar-refractivity contribution in [1.29, 1.82) is 0 Å². The summed E-state index contributed by atoms with van der Waals surface area (Å²) in [6.07, 6.45) is 0.575. The number of nitrogens with zero attached hydrogens (tertiary/aromatic N) is 3. The van der Waals surface area contributed by atoms with E-state index in [9.17, 15) is 15.0 Å². The Bertz CT molecular complexity index is 1650. The number of carbonyl (C=O) groups excluding carboxylic acids is 1. The van der Waals surface area contributed by atoms with Gasteiger partial charge in [0.15, 0.2) is 0 Å². The Morgan fingerprint density at radius 1 is 1.06 bits per heavy atom. The van der Waals surface area contributed by atoms with E-state index in [1.54, 1.807) is 24.1 Å². The van der Waals surface area contributed by atoms with E-state index in [4.69, 9.17) is 16.4 Å². The molecule has 2 bridgehead atoms. The molecule has 8 nitrogen and oxygen atoms in total. The third-order valence-electron chi connectivity index (χ3n) is 12.4. The van der Waals surface area contributed by atoms with Crippen LogP contribution >= 0.6 is 11.6 Å². The van der Waals surface area contributed by atoms with Gasteiger partial charge < -0.3 is 20.4 Å². The fourth-order valence-electron chi connectivity index (χ4n) is 9.34. The number of benzene rings is 3. The van der Waals surface area contributed by atoms with Crippen molar-refractivity contribution in [1.82, 2.24) is 20.2 Å². The average Bonchev–Trinajstić information content (AvgIpc) is 3.48. The number of fused-ring (bicyclic) bond motifs is 2. The largest absolute Gasteiger partial charge is 0.394 e. The summed E-state index contributed by atoms with van der Waals surface area (Å²) in [7, 11) is 4.07. The van der Waals surface area contributed by atoms with Crippen molar-refractivity contribution in [3.63, 3.8) is 0 Å². The summed E-state index contributed by atoms with van der Waals surface area (Å²) in [6, 6.07) is 22.4. The summed E-state index contributed by atoms with van der Waals surface area (Å²) in [5.74, 6) is 0.398. The second kappa shape index (κ2) is 16.2. The summed E-state index contributed by atoms with van der Waals surface area (Å²) < 4.78 is 15.2. The molecule has 10 heteroatoms. The summed E-state index contributed by atoms with van der Waals surface area (Å²) >= 11 is 6.58. The zero-order valence-corrected chi connectivity index (χ0v) is 32.1. The monoisotopic (exact) mass is 734 g/mol. The van der Waals surface area contributed by atoms with Crippen molar-refractivity contribution in [3.05, 3.63) is 106 Å². The minimum absolute atomic E-state index is 0.0611. The first kappa shape index (κ1) is 38.8. The first-order chi connectivity index (χ1) is 24.8. The Hall–Kier alpha value is -2.89. The number of hydroxylamine groups is 2. The van der Waals surface area contributed by atoms with Gasteiger partial charge in [-0.3, -0.25) is 14.5 Å². The maximum atomic E-state index is 15.2. The van der Waals surface area contributed by atoms with Gasteiger partial charge in [0.25, 0.3) is 0 Å². The highest BCUT2D eigenvalue weighted by Gasteiger charge is 2.57. The number of halogens is 2. The number of hydrogen-bond acceptors (Lipinski definition) is 7. The zero-order valence-electron chi connectivity index (χ0n) is 31.4. The molecule has 1 saturated heterocycles. The number of carbonyl (C=O) groups is 1. The number of amides is 1. The molecule has 1 amide bonds. The van der Waals surface area contributed by atoms with E-state index >= 15 is 4.39 Å². The number of likely N-dealkylation sites (N-methyl/N-ethyl adjacent to an activating group) is 1. The second-order valence-corrected chi connectivity index (χ2v) is 16.8. The van der Waals surface area contributed by atoms with Crippen LogP contribution < -0.4 is 5.32 Å². The molecule has 3 aromatic rings. The van der Waals surface area contributed by atoms with Gasteiger partial charge in [-0.2, -0.15) is 5.06 Å². The number of hydrogen-bond donors (Lipinski definition) is 3. The van der Waals surface area contributed by atoms with Crippen molar-refractivity contribution >= 4 is 17.5 Å². The van der Waals surface area contributed by atoms with E-state index in [1.807, 2.05) is 44.4 Å². The van der Waals surface area contributed by atoms with Gasteiger partial charge in [-0.1, -0.05) is 93.0 Å². The minimum atomic E-state index is -0.870. The molecule has 9 atom stereocenters. The number of aliphatic hydroxyl groups excluding tert-OH is 2. The van der Waals surface area contributed by atoms with Crippen LogP contribution in [0.5, 0.6) is 0 Å². The second-order valence-electron chi connectivity index (χ2n) is 16.3. The molecule has 0 aromatic heterocycles. The normalized spacial score (nSPS) is 28.1. The Morgan fingerprint density at radius 2 is 1.77 bits per heavy atom. The summed E-state index contributed by atoms with van der Waals surface area (Å²) in [4.78, 5) is 24.8. The lowest BCUT2D eigenvalue weighted by atomic mass is 9.45. The molecular weight excluding hydrogens is 679 g/mol. The van der Waals surface area contributed by atoms with E-state index in [-0.39, 0.29) is 37.0 Å². The molecule has 7 rings (SSSR count). The van der Waals surface area contributed by atoms with Gasteiger partial charge in [-0.05, 0) is 85.9 Å². The Labute approximate surface area is 313 Å². The van der Waals surface area contributed by atoms with Crippen molar-refractivity contribution in [2.45, 2.75) is 90.5 Å². The van der Waals surface area contributed by atoms with Crippen LogP contribution in [0.1, 0.15) is 68.8 Å². The van der Waals surface area contributed by atoms with E-state index in [2.05, 4.69) is 60.2 Å². The molecule has 3 saturated carbocycles. The Balaban J connectivity index is 1.26. The predicted molar refractivity (Wildman–Crippen MR) is 202 cm³/mol. The van der Waals surface area contributed by atoms with E-state index < -0.39 is 24.2 Å². The summed E-state index contributed by atoms with van der Waals surface area (Å²) in [5, 5.41) is 26.6. The number of rotatable bonds is 14. The van der Waals surface area contributed by atoms with Crippen LogP contribution in [0.25, 0.3) is 0 Å². The van der Waals surface area contributed by atoms with Gasteiger partial charge in [0.1, 0.15) is 18.0 Å². The highest BCUT2D eigenvalue weighted by Crippen LogP contribution is 2.61. The molecule has 0 radical (unpaired) electrons. The lowest BCUT2D eigenvalue weighted by Crippen LogP contribution is -2.62. The molecule has 3 N–H and O–H groups in total. The quantitative estimate of drug-likeness (QED) is 0.176. The molecule has 1 aliphatic heterocycles. The molecule has 3 aliphatic carbocycles. The summed E-state index contributed by atoms with van der Waals surface area (Å²) in [6.45, 7) is 10.1. The topological polar surface area (TPSA) is 88.5 Å². The fraction of sp³-hybridized carbons (Fsp3) is 0.548. The van der Waals surface area contributed by atoms with Crippen LogP contribution in [0.15, 0.2) is 72.8 Å². The van der Waals surface area contributed by atoms with Crippen molar-refractivity contribution in [2.75, 3.05) is 27.2 Å². The predicted octanol–water partition coefficient (Wildman–Crippen LogP) is 6.44. The van der Waals surface area contributed by atoms with E-state index in [0.29, 0.717) is 53.4 Å². The van der Waals surface area contributed by atoms with Gasteiger partial charge in [0, 0.05) is 48.2 Å². The maximum absolute atomic E-state index is 15.2. The van der Waals surface area contributed by atoms with Crippen molar-refractivity contribution in [3.8, 4) is 0 Å². The van der Waals surface area contributed by atoms with Crippen LogP contribution in [0.3, 0.4) is 0 Å². The number of aliphatic hydroxyl groups is 2. The van der Waals surface area contributed by atoms with Crippen LogP contribution in [0.2, 0.25) is 5.02 Å². The fourth-order valence-corrected chi connectivity index (χ4v) is 9.56. The highest BCUT2D eigenvalue weighted by atomic mass is 35.5. The maximum Gasteiger partial charge on any atom is 0.240 e. The van der Waals surface area contributed by atoms with Crippen LogP contribution in [-0.4, -0.2) is 82.5 Å². The first-order valence-electron chi connectivity index (χ1n) is 18.8. The molecular formula is C42H56ClFN4O4. The number of nitrogens with one attached hydrogen (secondary N) is 1. The SMILES string of the molecule is C[C@H]1[C@@H](NC(=O)[C@@H]2[C@H]([C@H](C)O)[C@H](CO)ON2Cc2cccc(CN(Cc3c(F)cccc3Cl)[C@H](CN(C)C)c3ccccc3)c2)C[C@@H]2C[C@@H]1C2(C)C. The van der Waals surface area contributed by atoms with E-state index in [0.717, 1.165) is 23.1 Å². The van der Waals surface area contributed by atoms with Crippen molar-refractivity contribution < 1.29 is 24.2 Å². The van der Waals surface area contributed by atoms with Gasteiger partial charge >= 0.3 is 0 Å². The molecule has 1 heterocycles. The Morgan fingerprint density at radius 3 is 2.40 bits per heavy atom. The van der Waals surface area contributed by atoms with Gasteiger partial charge in [0.2, 0.25) is 5.91 Å². The molecule has 282 valence electrons.